The van der Waals surface area contributed by atoms with E-state index >= 15 is 0 Å². The molecule has 168 valence electrons. The second-order valence-corrected chi connectivity index (χ2v) is 9.11. The normalized spacial score (nSPS) is 11.9. The highest BCUT2D eigenvalue weighted by molar-refractivity contribution is 9.11. The van der Waals surface area contributed by atoms with Crippen molar-refractivity contribution >= 4 is 55.5 Å². The number of hydrogen-bond acceptors (Lipinski definition) is 4. The smallest absolute Gasteiger partial charge is 0.407 e. The van der Waals surface area contributed by atoms with Crippen LogP contribution < -0.4 is 10.6 Å². The molecule has 0 saturated carbocycles. The van der Waals surface area contributed by atoms with Crippen LogP contribution in [0.25, 0.3) is 11.1 Å². The topological polar surface area (TPSA) is 105 Å². The van der Waals surface area contributed by atoms with Crippen molar-refractivity contribution in [3.63, 3.8) is 0 Å². The Kier molecular flexibility index (Phi) is 6.80. The maximum absolute atomic E-state index is 12.3. The third-order valence-electron chi connectivity index (χ3n) is 5.29. The molecule has 3 N–H and O–H groups in total. The van der Waals surface area contributed by atoms with Gasteiger partial charge in [0.1, 0.15) is 13.2 Å². The molecule has 3 aromatic rings. The van der Waals surface area contributed by atoms with Crippen LogP contribution in [0.15, 0.2) is 69.6 Å². The molecule has 0 spiro atoms. The summed E-state index contributed by atoms with van der Waals surface area (Å²) < 4.78 is 6.34. The molecule has 0 heterocycles. The lowest BCUT2D eigenvalue weighted by Gasteiger charge is -2.15. The van der Waals surface area contributed by atoms with Gasteiger partial charge in [-0.3, -0.25) is 4.79 Å². The Hall–Kier alpha value is -3.17. The molecule has 0 saturated heterocycles. The molecule has 0 aromatic heterocycles. The number of aromatic carboxylic acids is 1. The maximum Gasteiger partial charge on any atom is 0.407 e. The molecule has 7 nitrogen and oxygen atoms in total. The van der Waals surface area contributed by atoms with E-state index in [1.165, 1.54) is 6.07 Å². The van der Waals surface area contributed by atoms with Gasteiger partial charge < -0.3 is 20.5 Å². The van der Waals surface area contributed by atoms with Crippen molar-refractivity contribution in [1.29, 1.82) is 0 Å². The minimum atomic E-state index is -1.20. The summed E-state index contributed by atoms with van der Waals surface area (Å²) in [6, 6.07) is 19.0. The van der Waals surface area contributed by atoms with E-state index in [0.717, 1.165) is 22.3 Å². The summed E-state index contributed by atoms with van der Waals surface area (Å²) in [5, 5.41) is 14.3. The van der Waals surface area contributed by atoms with Crippen molar-refractivity contribution in [2.24, 2.45) is 0 Å². The molecule has 33 heavy (non-hydrogen) atoms. The molecule has 9 heteroatoms. The van der Waals surface area contributed by atoms with Crippen LogP contribution in [0.2, 0.25) is 0 Å². The Morgan fingerprint density at radius 2 is 1.55 bits per heavy atom. The van der Waals surface area contributed by atoms with Crippen LogP contribution in [0, 0.1) is 0 Å². The fourth-order valence-electron chi connectivity index (χ4n) is 3.85. The summed E-state index contributed by atoms with van der Waals surface area (Å²) in [7, 11) is 0. The Morgan fingerprint density at radius 3 is 2.15 bits per heavy atom. The molecule has 1 aliphatic carbocycles. The number of rotatable bonds is 6. The summed E-state index contributed by atoms with van der Waals surface area (Å²) in [6.07, 6.45) is -0.736. The zero-order chi connectivity index (χ0) is 23.5. The number of nitrogens with one attached hydrogen (secondary N) is 2. The average molecular weight is 574 g/mol. The SMILES string of the molecule is O=C(CNC(=O)OCC1c2ccccc2-c2ccccc21)Nc1c(Br)cc(Br)cc1C(=O)O. The van der Waals surface area contributed by atoms with Crippen LogP contribution in [0.5, 0.6) is 0 Å². The van der Waals surface area contributed by atoms with Crippen LogP contribution in [-0.4, -0.2) is 36.2 Å². The van der Waals surface area contributed by atoms with Gasteiger partial charge in [-0.15, -0.1) is 0 Å². The number of fused-ring (bicyclic) bond motifs is 3. The number of ether oxygens (including phenoxy) is 1. The lowest BCUT2D eigenvalue weighted by atomic mass is 9.98. The maximum atomic E-state index is 12.3. The fraction of sp³-hybridized carbons (Fsp3) is 0.125. The summed E-state index contributed by atoms with van der Waals surface area (Å²) in [5.74, 6) is -1.88. The minimum Gasteiger partial charge on any atom is -0.478 e. The van der Waals surface area contributed by atoms with Gasteiger partial charge in [0.15, 0.2) is 0 Å². The molecule has 0 fully saturated rings. The van der Waals surface area contributed by atoms with E-state index in [4.69, 9.17) is 4.74 Å². The largest absolute Gasteiger partial charge is 0.478 e. The van der Waals surface area contributed by atoms with Gasteiger partial charge in [0.05, 0.1) is 11.3 Å². The number of anilines is 1. The number of alkyl carbamates (subject to hydrolysis) is 1. The first kappa shape index (κ1) is 23.0. The van der Waals surface area contributed by atoms with Gasteiger partial charge in [-0.2, -0.15) is 0 Å². The number of halogens is 2. The van der Waals surface area contributed by atoms with Crippen molar-refractivity contribution in [3.8, 4) is 11.1 Å². The molecule has 2 amide bonds. The molecule has 3 aromatic carbocycles. The highest BCUT2D eigenvalue weighted by Gasteiger charge is 2.29. The number of carbonyl (C=O) groups excluding carboxylic acids is 2. The average Bonchev–Trinajstić information content (AvgIpc) is 3.11. The molecular weight excluding hydrogens is 556 g/mol. The van der Waals surface area contributed by atoms with Gasteiger partial charge >= 0.3 is 12.1 Å². The summed E-state index contributed by atoms with van der Waals surface area (Å²) in [4.78, 5) is 36.0. The van der Waals surface area contributed by atoms with Crippen LogP contribution in [-0.2, 0) is 9.53 Å². The van der Waals surface area contributed by atoms with Gasteiger partial charge in [0.25, 0.3) is 0 Å². The Labute approximate surface area is 206 Å². The van der Waals surface area contributed by atoms with Gasteiger partial charge in [-0.1, -0.05) is 64.5 Å². The van der Waals surface area contributed by atoms with Gasteiger partial charge in [-0.25, -0.2) is 9.59 Å². The van der Waals surface area contributed by atoms with Crippen LogP contribution in [0.4, 0.5) is 10.5 Å². The second kappa shape index (κ2) is 9.76. The lowest BCUT2D eigenvalue weighted by molar-refractivity contribution is -0.115. The number of carbonyl (C=O) groups is 3. The van der Waals surface area contributed by atoms with Crippen LogP contribution >= 0.6 is 31.9 Å². The highest BCUT2D eigenvalue weighted by Crippen LogP contribution is 2.44. The van der Waals surface area contributed by atoms with Crippen molar-refractivity contribution in [2.45, 2.75) is 5.92 Å². The number of carboxylic acid groups (broad SMARTS) is 1. The van der Waals surface area contributed by atoms with Crippen molar-refractivity contribution in [2.75, 3.05) is 18.5 Å². The lowest BCUT2D eigenvalue weighted by Crippen LogP contribution is -2.34. The monoisotopic (exact) mass is 572 g/mol. The van der Waals surface area contributed by atoms with E-state index in [1.54, 1.807) is 6.07 Å². The molecule has 4 rings (SSSR count). The molecule has 0 unspecified atom stereocenters. The first-order chi connectivity index (χ1) is 15.8. The molecular formula is C24H18Br2N2O5. The van der Waals surface area contributed by atoms with Crippen molar-refractivity contribution < 1.29 is 24.2 Å². The second-order valence-electron chi connectivity index (χ2n) is 7.34. The highest BCUT2D eigenvalue weighted by atomic mass is 79.9. The van der Waals surface area contributed by atoms with Gasteiger partial charge in [0.2, 0.25) is 5.91 Å². The molecule has 0 aliphatic heterocycles. The van der Waals surface area contributed by atoms with Crippen molar-refractivity contribution in [3.05, 3.63) is 86.3 Å². The van der Waals surface area contributed by atoms with Crippen LogP contribution in [0.1, 0.15) is 27.4 Å². The Morgan fingerprint density at radius 1 is 0.939 bits per heavy atom. The van der Waals surface area contributed by atoms with Crippen LogP contribution in [0.3, 0.4) is 0 Å². The zero-order valence-corrected chi connectivity index (χ0v) is 20.3. The first-order valence-electron chi connectivity index (χ1n) is 9.96. The molecule has 0 bridgehead atoms. The summed E-state index contributed by atoms with van der Waals surface area (Å²) in [6.45, 7) is -0.249. The van der Waals surface area contributed by atoms with E-state index < -0.39 is 18.0 Å². The van der Waals surface area contributed by atoms with E-state index in [2.05, 4.69) is 42.5 Å². The third-order valence-corrected chi connectivity index (χ3v) is 6.37. The predicted octanol–water partition coefficient (Wildman–Crippen LogP) is 5.39. The number of amides is 2. The van der Waals surface area contributed by atoms with Gasteiger partial charge in [-0.05, 0) is 50.3 Å². The number of benzene rings is 3. The van der Waals surface area contributed by atoms with Crippen molar-refractivity contribution in [1.82, 2.24) is 5.32 Å². The predicted molar refractivity (Wildman–Crippen MR) is 131 cm³/mol. The van der Waals surface area contributed by atoms with E-state index in [0.29, 0.717) is 8.95 Å². The number of carboxylic acids is 1. The molecule has 1 aliphatic rings. The summed E-state index contributed by atoms with van der Waals surface area (Å²) in [5.41, 5.74) is 4.43. The Bertz CT molecular complexity index is 1220. The molecule has 0 radical (unpaired) electrons. The summed E-state index contributed by atoms with van der Waals surface area (Å²) >= 11 is 6.46. The fourth-order valence-corrected chi connectivity index (χ4v) is 5.18. The molecule has 0 atom stereocenters. The standard InChI is InChI=1S/C24H18Br2N2O5/c25-13-9-18(23(30)31)22(20(26)10-13)28-21(29)11-27-24(32)33-12-19-16-7-3-1-5-14(16)15-6-2-4-8-17(15)19/h1-10,19H,11-12H2,(H,27,32)(H,28,29)(H,30,31). The first-order valence-corrected chi connectivity index (χ1v) is 11.5. The zero-order valence-electron chi connectivity index (χ0n) is 17.1. The Balaban J connectivity index is 1.36. The number of hydrogen-bond donors (Lipinski definition) is 3. The van der Waals surface area contributed by atoms with E-state index in [-0.39, 0.29) is 30.3 Å². The minimum absolute atomic E-state index is 0.0891. The van der Waals surface area contributed by atoms with Gasteiger partial charge in [0, 0.05) is 14.9 Å². The third kappa shape index (κ3) is 4.94. The van der Waals surface area contributed by atoms with E-state index in [1.807, 2.05) is 48.5 Å². The quantitative estimate of drug-likeness (QED) is 0.367. The van der Waals surface area contributed by atoms with E-state index in [9.17, 15) is 19.5 Å².